The first-order chi connectivity index (χ1) is 12.2. The number of benzene rings is 1. The lowest BCUT2D eigenvalue weighted by molar-refractivity contribution is 0.0954. The normalized spacial score (nSPS) is 11.5. The number of Topliss-reactive ketones (excluding diaryl/α,β-unsaturated/α-hetero) is 1. The predicted molar refractivity (Wildman–Crippen MR) is 103 cm³/mol. The largest absolute Gasteiger partial charge is 0.347 e. The number of hydrogen-bond acceptors (Lipinski definition) is 5. The number of hydrogen-bond donors (Lipinski definition) is 2. The first-order valence-corrected chi connectivity index (χ1v) is 10.6. The molecule has 0 saturated heterocycles. The van der Waals surface area contributed by atoms with Crippen LogP contribution < -0.4 is 10.0 Å². The summed E-state index contributed by atoms with van der Waals surface area (Å²) in [6.45, 7) is 5.19. The molecular formula is C18H22N2O4S2. The molecule has 26 heavy (non-hydrogen) atoms. The summed E-state index contributed by atoms with van der Waals surface area (Å²) < 4.78 is 26.9. The molecule has 0 saturated carbocycles. The van der Waals surface area contributed by atoms with Crippen molar-refractivity contribution < 1.29 is 18.0 Å². The molecule has 0 aliphatic carbocycles. The van der Waals surface area contributed by atoms with E-state index in [1.54, 1.807) is 50.2 Å². The van der Waals surface area contributed by atoms with Gasteiger partial charge in [0.25, 0.3) is 5.91 Å². The molecule has 6 nitrogen and oxygen atoms in total. The average Bonchev–Trinajstić information content (AvgIpc) is 3.02. The van der Waals surface area contributed by atoms with Gasteiger partial charge in [0.05, 0.1) is 15.5 Å². The van der Waals surface area contributed by atoms with Crippen LogP contribution in [0.5, 0.6) is 0 Å². The molecule has 8 heteroatoms. The van der Waals surface area contributed by atoms with Crippen molar-refractivity contribution in [1.29, 1.82) is 0 Å². The van der Waals surface area contributed by atoms with Crippen LogP contribution in [0.4, 0.5) is 0 Å². The van der Waals surface area contributed by atoms with Crippen molar-refractivity contribution in [3.05, 3.63) is 57.3 Å². The molecule has 0 aliphatic heterocycles. The molecule has 2 aromatic rings. The van der Waals surface area contributed by atoms with Crippen molar-refractivity contribution in [3.8, 4) is 0 Å². The number of sulfonamides is 1. The molecule has 0 atom stereocenters. The second-order valence-corrected chi connectivity index (χ2v) is 9.04. The van der Waals surface area contributed by atoms with E-state index in [0.717, 1.165) is 16.9 Å². The number of rotatable bonds is 8. The number of thiophene rings is 1. The van der Waals surface area contributed by atoms with Crippen molar-refractivity contribution in [2.75, 3.05) is 0 Å². The molecule has 0 fully saturated rings. The summed E-state index contributed by atoms with van der Waals surface area (Å²) in [5, 5.41) is 2.78. The number of ketones is 1. The summed E-state index contributed by atoms with van der Waals surface area (Å²) >= 11 is 1.14. The van der Waals surface area contributed by atoms with Gasteiger partial charge < -0.3 is 5.32 Å². The van der Waals surface area contributed by atoms with Gasteiger partial charge in [-0.2, -0.15) is 0 Å². The number of amides is 1. The van der Waals surface area contributed by atoms with E-state index in [1.165, 1.54) is 6.92 Å². The van der Waals surface area contributed by atoms with Crippen molar-refractivity contribution in [1.82, 2.24) is 10.0 Å². The van der Waals surface area contributed by atoms with Crippen LogP contribution in [0.1, 0.15) is 51.2 Å². The fourth-order valence-electron chi connectivity index (χ4n) is 2.39. The van der Waals surface area contributed by atoms with Crippen LogP contribution in [0.15, 0.2) is 36.4 Å². The van der Waals surface area contributed by atoms with Gasteiger partial charge in [0.15, 0.2) is 5.78 Å². The highest BCUT2D eigenvalue weighted by Gasteiger charge is 2.16. The lowest BCUT2D eigenvalue weighted by Crippen LogP contribution is -2.31. The second-order valence-electron chi connectivity index (χ2n) is 6.20. The molecule has 1 aromatic heterocycles. The third-order valence-electron chi connectivity index (χ3n) is 3.50. The Morgan fingerprint density at radius 3 is 2.23 bits per heavy atom. The van der Waals surface area contributed by atoms with Crippen LogP contribution in [0.2, 0.25) is 0 Å². The van der Waals surface area contributed by atoms with E-state index in [1.807, 2.05) is 0 Å². The molecule has 140 valence electrons. The quantitative estimate of drug-likeness (QED) is 0.674. The van der Waals surface area contributed by atoms with Gasteiger partial charge in [0, 0.05) is 12.6 Å². The van der Waals surface area contributed by atoms with Crippen LogP contribution in [0.25, 0.3) is 0 Å². The van der Waals surface area contributed by atoms with Crippen molar-refractivity contribution in [2.24, 2.45) is 0 Å². The summed E-state index contributed by atoms with van der Waals surface area (Å²) in [4.78, 5) is 24.6. The maximum atomic E-state index is 12.3. The van der Waals surface area contributed by atoms with Gasteiger partial charge in [-0.3, -0.25) is 9.59 Å². The van der Waals surface area contributed by atoms with Crippen molar-refractivity contribution in [2.45, 2.75) is 39.1 Å². The maximum Gasteiger partial charge on any atom is 0.261 e. The molecule has 1 amide bonds. The van der Waals surface area contributed by atoms with Gasteiger partial charge in [0.1, 0.15) is 0 Å². The number of carbonyl (C=O) groups excluding carboxylic acids is 2. The van der Waals surface area contributed by atoms with Crippen LogP contribution >= 0.6 is 11.3 Å². The van der Waals surface area contributed by atoms with Gasteiger partial charge in [0.2, 0.25) is 10.0 Å². The first-order valence-electron chi connectivity index (χ1n) is 8.13. The minimum absolute atomic E-state index is 0.0812. The molecule has 0 radical (unpaired) electrons. The Morgan fingerprint density at radius 1 is 1.04 bits per heavy atom. The summed E-state index contributed by atoms with van der Waals surface area (Å²) in [7, 11) is -3.45. The Morgan fingerprint density at radius 2 is 1.65 bits per heavy atom. The summed E-state index contributed by atoms with van der Waals surface area (Å²) in [5.41, 5.74) is 1.37. The fourth-order valence-corrected chi connectivity index (χ4v) is 4.70. The second kappa shape index (κ2) is 8.57. The van der Waals surface area contributed by atoms with Gasteiger partial charge >= 0.3 is 0 Å². The fraction of sp³-hybridized carbons (Fsp3) is 0.333. The molecule has 2 N–H and O–H groups in total. The SMILES string of the molecule is CC(=O)c1ccc(C(=O)NCc2ccccc2CS(=O)(=O)NC(C)C)s1. The van der Waals surface area contributed by atoms with Gasteiger partial charge in [-0.25, -0.2) is 13.1 Å². The Hall–Kier alpha value is -2.03. The van der Waals surface area contributed by atoms with Gasteiger partial charge in [-0.15, -0.1) is 11.3 Å². The van der Waals surface area contributed by atoms with E-state index in [4.69, 9.17) is 0 Å². The Bertz CT molecular complexity index is 901. The molecule has 0 bridgehead atoms. The van der Waals surface area contributed by atoms with E-state index >= 15 is 0 Å². The van der Waals surface area contributed by atoms with E-state index in [-0.39, 0.29) is 30.0 Å². The smallest absolute Gasteiger partial charge is 0.261 e. The Balaban J connectivity index is 2.08. The van der Waals surface area contributed by atoms with E-state index in [0.29, 0.717) is 15.3 Å². The van der Waals surface area contributed by atoms with E-state index in [2.05, 4.69) is 10.0 Å². The van der Waals surface area contributed by atoms with Crippen LogP contribution in [-0.2, 0) is 22.3 Å². The molecular weight excluding hydrogens is 372 g/mol. The lowest BCUT2D eigenvalue weighted by Gasteiger charge is -2.13. The number of nitrogens with one attached hydrogen (secondary N) is 2. The summed E-state index contributed by atoms with van der Waals surface area (Å²) in [6, 6.07) is 10.1. The molecule has 1 aromatic carbocycles. The summed E-state index contributed by atoms with van der Waals surface area (Å²) in [6.07, 6.45) is 0. The zero-order chi connectivity index (χ0) is 19.3. The van der Waals surface area contributed by atoms with Crippen LogP contribution in [-0.4, -0.2) is 26.2 Å². The predicted octanol–water partition coefficient (Wildman–Crippen LogP) is 2.71. The number of carbonyl (C=O) groups is 2. The van der Waals surface area contributed by atoms with Gasteiger partial charge in [-0.05, 0) is 44.0 Å². The zero-order valence-electron chi connectivity index (χ0n) is 14.9. The van der Waals surface area contributed by atoms with Crippen molar-refractivity contribution in [3.63, 3.8) is 0 Å². The maximum absolute atomic E-state index is 12.3. The minimum atomic E-state index is -3.45. The van der Waals surface area contributed by atoms with E-state index < -0.39 is 10.0 Å². The lowest BCUT2D eigenvalue weighted by atomic mass is 10.1. The first kappa shape index (κ1) is 20.3. The van der Waals surface area contributed by atoms with Crippen LogP contribution in [0, 0.1) is 0 Å². The van der Waals surface area contributed by atoms with E-state index in [9.17, 15) is 18.0 Å². The molecule has 0 aliphatic rings. The van der Waals surface area contributed by atoms with Crippen molar-refractivity contribution >= 4 is 33.1 Å². The average molecular weight is 395 g/mol. The standard InChI is InChI=1S/C18H22N2O4S2/c1-12(2)20-26(23,24)11-15-7-5-4-6-14(15)10-19-18(22)17-9-8-16(25-17)13(3)21/h4-9,12,20H,10-11H2,1-3H3,(H,19,22). The zero-order valence-corrected chi connectivity index (χ0v) is 16.5. The molecule has 0 unspecified atom stereocenters. The molecule has 0 spiro atoms. The highest BCUT2D eigenvalue weighted by atomic mass is 32.2. The monoisotopic (exact) mass is 394 g/mol. The summed E-state index contributed by atoms with van der Waals surface area (Å²) in [5.74, 6) is -0.521. The third kappa shape index (κ3) is 5.76. The Labute approximate surface area is 157 Å². The Kier molecular flexibility index (Phi) is 6.69. The van der Waals surface area contributed by atoms with Crippen LogP contribution in [0.3, 0.4) is 0 Å². The highest BCUT2D eigenvalue weighted by Crippen LogP contribution is 2.18. The molecule has 1 heterocycles. The molecule has 2 rings (SSSR count). The topological polar surface area (TPSA) is 92.3 Å². The minimum Gasteiger partial charge on any atom is -0.347 e. The third-order valence-corrected chi connectivity index (χ3v) is 6.20. The highest BCUT2D eigenvalue weighted by molar-refractivity contribution is 7.88. The van der Waals surface area contributed by atoms with Gasteiger partial charge in [-0.1, -0.05) is 24.3 Å².